The molecule has 0 aliphatic rings. The van der Waals surface area contributed by atoms with E-state index in [1.165, 1.54) is 0 Å². The number of carbonyl (C=O) groups is 2. The maximum Gasteiger partial charge on any atom is 0.227 e. The average molecular weight is 432 g/mol. The molecule has 0 saturated carbocycles. The lowest BCUT2D eigenvalue weighted by Gasteiger charge is -2.26. The quantitative estimate of drug-likeness (QED) is 0.417. The van der Waals surface area contributed by atoms with Crippen LogP contribution in [0.4, 0.5) is 0 Å². The molecule has 0 heterocycles. The molecule has 4 heteroatoms. The zero-order valence-electron chi connectivity index (χ0n) is 19.8. The topological polar surface area (TPSA) is 46.6 Å². The highest BCUT2D eigenvalue weighted by Gasteiger charge is 2.19. The number of carbonyl (C=O) groups excluding carboxylic acids is 2. The summed E-state index contributed by atoms with van der Waals surface area (Å²) in [5.41, 5.74) is 2.24. The van der Waals surface area contributed by atoms with Crippen molar-refractivity contribution < 1.29 is 14.3 Å². The predicted molar refractivity (Wildman–Crippen MR) is 130 cm³/mol. The van der Waals surface area contributed by atoms with Crippen LogP contribution in [0.15, 0.2) is 60.7 Å². The summed E-state index contributed by atoms with van der Waals surface area (Å²) < 4.78 is 5.41. The highest BCUT2D eigenvalue weighted by atomic mass is 16.5. The zero-order valence-corrected chi connectivity index (χ0v) is 19.8. The Morgan fingerprint density at radius 3 is 2.28 bits per heavy atom. The molecule has 0 aromatic heterocycles. The molecule has 168 valence electrons. The Labute approximate surface area is 191 Å². The van der Waals surface area contributed by atoms with Crippen LogP contribution >= 0.6 is 0 Å². The van der Waals surface area contributed by atoms with Gasteiger partial charge in [-0.1, -0.05) is 57.2 Å². The van der Waals surface area contributed by atoms with Crippen LogP contribution in [-0.2, 0) is 11.2 Å². The third-order valence-electron chi connectivity index (χ3n) is 5.75. The van der Waals surface area contributed by atoms with E-state index < -0.39 is 0 Å². The van der Waals surface area contributed by atoms with Gasteiger partial charge in [0.2, 0.25) is 5.91 Å². The van der Waals surface area contributed by atoms with Crippen molar-refractivity contribution in [2.45, 2.75) is 40.5 Å². The standard InChI is InChI=1S/C28H33NO3/c1-6-29(15-14-28(2,3)4)26(30)18-22-17-23(27(31)20-10-8-7-9-11-20)16-21-12-13-24(32-5)19-25(21)22/h7-13,16-17,19H,6,14-15,18H2,1-5H3. The molecule has 0 N–H and O–H groups in total. The molecule has 0 aliphatic heterocycles. The van der Waals surface area contributed by atoms with E-state index in [-0.39, 0.29) is 23.5 Å². The van der Waals surface area contributed by atoms with Gasteiger partial charge in [0.05, 0.1) is 13.5 Å². The molecule has 3 rings (SSSR count). The van der Waals surface area contributed by atoms with Gasteiger partial charge < -0.3 is 9.64 Å². The predicted octanol–water partition coefficient (Wildman–Crippen LogP) is 5.91. The van der Waals surface area contributed by atoms with Gasteiger partial charge in [0, 0.05) is 24.2 Å². The average Bonchev–Trinajstić information content (AvgIpc) is 2.78. The molecular weight excluding hydrogens is 398 g/mol. The third kappa shape index (κ3) is 5.76. The summed E-state index contributed by atoms with van der Waals surface area (Å²) in [5, 5.41) is 1.86. The highest BCUT2D eigenvalue weighted by molar-refractivity contribution is 6.11. The number of amides is 1. The summed E-state index contributed by atoms with van der Waals surface area (Å²) in [6, 6.07) is 18.8. The lowest BCUT2D eigenvalue weighted by Crippen LogP contribution is -2.34. The van der Waals surface area contributed by atoms with Crippen molar-refractivity contribution in [2.75, 3.05) is 20.2 Å². The fraction of sp³-hybridized carbons (Fsp3) is 0.357. The molecular formula is C28H33NO3. The van der Waals surface area contributed by atoms with Crippen LogP contribution in [0.5, 0.6) is 5.75 Å². The van der Waals surface area contributed by atoms with Crippen LogP contribution in [-0.4, -0.2) is 36.8 Å². The van der Waals surface area contributed by atoms with Crippen LogP contribution in [0.1, 0.15) is 55.6 Å². The number of hydrogen-bond acceptors (Lipinski definition) is 3. The number of ether oxygens (including phenoxy) is 1. The number of nitrogens with zero attached hydrogens (tertiary/aromatic N) is 1. The van der Waals surface area contributed by atoms with Gasteiger partial charge in [-0.15, -0.1) is 0 Å². The second-order valence-electron chi connectivity index (χ2n) is 9.38. The second kappa shape index (κ2) is 9.99. The summed E-state index contributed by atoms with van der Waals surface area (Å²) in [4.78, 5) is 28.3. The number of likely N-dealkylation sites (N-methyl/N-ethyl adjacent to an activating group) is 1. The van der Waals surface area contributed by atoms with Gasteiger partial charge in [-0.05, 0) is 59.4 Å². The van der Waals surface area contributed by atoms with Crippen LogP contribution in [0.3, 0.4) is 0 Å². The minimum atomic E-state index is -0.0444. The van der Waals surface area contributed by atoms with E-state index in [9.17, 15) is 9.59 Å². The van der Waals surface area contributed by atoms with Crippen molar-refractivity contribution in [3.8, 4) is 5.75 Å². The maximum atomic E-state index is 13.2. The first-order chi connectivity index (χ1) is 15.2. The molecule has 4 nitrogen and oxygen atoms in total. The van der Waals surface area contributed by atoms with E-state index >= 15 is 0 Å². The minimum absolute atomic E-state index is 0.0444. The van der Waals surface area contributed by atoms with Crippen LogP contribution in [0, 0.1) is 5.41 Å². The van der Waals surface area contributed by atoms with Gasteiger partial charge in [-0.2, -0.15) is 0 Å². The Bertz CT molecular complexity index is 1100. The molecule has 0 bridgehead atoms. The smallest absolute Gasteiger partial charge is 0.227 e. The second-order valence-corrected chi connectivity index (χ2v) is 9.38. The lowest BCUT2D eigenvalue weighted by atomic mass is 9.92. The SMILES string of the molecule is CCN(CCC(C)(C)C)C(=O)Cc1cc(C(=O)c2ccccc2)cc2ccc(OC)cc12. The van der Waals surface area contributed by atoms with Crippen LogP contribution in [0.25, 0.3) is 10.8 Å². The molecule has 1 amide bonds. The fourth-order valence-electron chi connectivity index (χ4n) is 3.78. The molecule has 0 fully saturated rings. The maximum absolute atomic E-state index is 13.2. The van der Waals surface area contributed by atoms with E-state index in [1.54, 1.807) is 7.11 Å². The van der Waals surface area contributed by atoms with Crippen molar-refractivity contribution in [3.63, 3.8) is 0 Å². The van der Waals surface area contributed by atoms with Crippen LogP contribution < -0.4 is 4.74 Å². The number of rotatable bonds is 8. The summed E-state index contributed by atoms with van der Waals surface area (Å²) in [5.74, 6) is 0.760. The Morgan fingerprint density at radius 1 is 0.938 bits per heavy atom. The largest absolute Gasteiger partial charge is 0.497 e. The van der Waals surface area contributed by atoms with Crippen molar-refractivity contribution in [3.05, 3.63) is 77.4 Å². The number of fused-ring (bicyclic) bond motifs is 1. The van der Waals surface area contributed by atoms with Crippen molar-refractivity contribution in [2.24, 2.45) is 5.41 Å². The highest BCUT2D eigenvalue weighted by Crippen LogP contribution is 2.28. The molecule has 0 radical (unpaired) electrons. The van der Waals surface area contributed by atoms with Crippen molar-refractivity contribution >= 4 is 22.5 Å². The van der Waals surface area contributed by atoms with Gasteiger partial charge in [0.1, 0.15) is 5.75 Å². The summed E-state index contributed by atoms with van der Waals surface area (Å²) in [7, 11) is 1.63. The van der Waals surface area contributed by atoms with E-state index in [2.05, 4.69) is 20.8 Å². The number of ketones is 1. The summed E-state index contributed by atoms with van der Waals surface area (Å²) in [6.45, 7) is 9.95. The molecule has 0 spiro atoms. The monoisotopic (exact) mass is 431 g/mol. The Balaban J connectivity index is 1.99. The van der Waals surface area contributed by atoms with E-state index in [4.69, 9.17) is 4.74 Å². The number of benzene rings is 3. The van der Waals surface area contributed by atoms with Crippen LogP contribution in [0.2, 0.25) is 0 Å². The summed E-state index contributed by atoms with van der Waals surface area (Å²) >= 11 is 0. The minimum Gasteiger partial charge on any atom is -0.497 e. The molecule has 0 unspecified atom stereocenters. The summed E-state index contributed by atoms with van der Waals surface area (Å²) in [6.07, 6.45) is 1.19. The zero-order chi connectivity index (χ0) is 23.3. The third-order valence-corrected chi connectivity index (χ3v) is 5.75. The van der Waals surface area contributed by atoms with Gasteiger partial charge >= 0.3 is 0 Å². The van der Waals surface area contributed by atoms with Crippen molar-refractivity contribution in [1.82, 2.24) is 4.90 Å². The fourth-order valence-corrected chi connectivity index (χ4v) is 3.78. The Kier molecular flexibility index (Phi) is 7.34. The molecule has 3 aromatic carbocycles. The molecule has 3 aromatic rings. The van der Waals surface area contributed by atoms with Gasteiger partial charge in [-0.3, -0.25) is 9.59 Å². The number of hydrogen-bond donors (Lipinski definition) is 0. The molecule has 0 atom stereocenters. The Hall–Kier alpha value is -3.14. The molecule has 0 aliphatic carbocycles. The van der Waals surface area contributed by atoms with E-state index in [0.29, 0.717) is 17.7 Å². The van der Waals surface area contributed by atoms with Gasteiger partial charge in [0.25, 0.3) is 0 Å². The number of methoxy groups -OCH3 is 1. The first-order valence-corrected chi connectivity index (χ1v) is 11.2. The Morgan fingerprint density at radius 2 is 1.66 bits per heavy atom. The van der Waals surface area contributed by atoms with E-state index in [0.717, 1.165) is 35.1 Å². The van der Waals surface area contributed by atoms with Gasteiger partial charge in [0.15, 0.2) is 5.78 Å². The van der Waals surface area contributed by atoms with E-state index in [1.807, 2.05) is 72.5 Å². The normalized spacial score (nSPS) is 11.4. The molecule has 32 heavy (non-hydrogen) atoms. The van der Waals surface area contributed by atoms with Crippen molar-refractivity contribution in [1.29, 1.82) is 0 Å². The molecule has 0 saturated heterocycles. The lowest BCUT2D eigenvalue weighted by molar-refractivity contribution is -0.130. The van der Waals surface area contributed by atoms with Gasteiger partial charge in [-0.25, -0.2) is 0 Å². The first-order valence-electron chi connectivity index (χ1n) is 11.2. The first kappa shape index (κ1) is 23.5.